The Hall–Kier alpha value is -0.790. The van der Waals surface area contributed by atoms with E-state index in [9.17, 15) is 4.79 Å². The van der Waals surface area contributed by atoms with Gasteiger partial charge in [0, 0.05) is 0 Å². The maximum absolute atomic E-state index is 10.4. The summed E-state index contributed by atoms with van der Waals surface area (Å²) in [7, 11) is 0. The molecule has 0 spiro atoms. The van der Waals surface area contributed by atoms with Gasteiger partial charge in [-0.25, -0.2) is 0 Å². The van der Waals surface area contributed by atoms with E-state index in [4.69, 9.17) is 5.11 Å². The molecule has 1 N–H and O–H groups in total. The van der Waals surface area contributed by atoms with Gasteiger partial charge >= 0.3 is 5.97 Å². The second-order valence-corrected chi connectivity index (χ2v) is 2.47. The van der Waals surface area contributed by atoms with E-state index in [1.54, 1.807) is 0 Å². The fraction of sp³-hybridized carbons (Fsp3) is 0.571. The summed E-state index contributed by atoms with van der Waals surface area (Å²) < 4.78 is 0. The van der Waals surface area contributed by atoms with Crippen molar-refractivity contribution in [3.05, 3.63) is 12.2 Å². The molecule has 1 aliphatic rings. The van der Waals surface area contributed by atoms with Crippen molar-refractivity contribution in [2.24, 2.45) is 11.8 Å². The summed E-state index contributed by atoms with van der Waals surface area (Å²) in [5.74, 6) is -0.611. The lowest BCUT2D eigenvalue weighted by molar-refractivity contribution is -0.142. The van der Waals surface area contributed by atoms with Crippen LogP contribution in [0.25, 0.3) is 0 Å². The monoisotopic (exact) mass is 126 g/mol. The van der Waals surface area contributed by atoms with E-state index >= 15 is 0 Å². The minimum atomic E-state index is -0.674. The van der Waals surface area contributed by atoms with Gasteiger partial charge in [-0.2, -0.15) is 0 Å². The third-order valence-corrected chi connectivity index (χ3v) is 1.78. The molecule has 0 aromatic heterocycles. The summed E-state index contributed by atoms with van der Waals surface area (Å²) >= 11 is 0. The number of aliphatic carboxylic acids is 1. The third kappa shape index (κ3) is 1.12. The van der Waals surface area contributed by atoms with Crippen LogP contribution in [0.5, 0.6) is 0 Å². The summed E-state index contributed by atoms with van der Waals surface area (Å²) in [4.78, 5) is 10.4. The molecule has 0 bridgehead atoms. The Kier molecular flexibility index (Phi) is 1.56. The van der Waals surface area contributed by atoms with Crippen molar-refractivity contribution in [2.45, 2.75) is 13.3 Å². The van der Waals surface area contributed by atoms with Gasteiger partial charge < -0.3 is 5.11 Å². The molecule has 0 fully saturated rings. The number of carboxylic acid groups (broad SMARTS) is 1. The molecule has 9 heavy (non-hydrogen) atoms. The Balaban J connectivity index is 2.55. The van der Waals surface area contributed by atoms with E-state index in [0.29, 0.717) is 6.42 Å². The fourth-order valence-electron chi connectivity index (χ4n) is 1.11. The molecule has 1 rings (SSSR count). The molecule has 0 aromatic carbocycles. The van der Waals surface area contributed by atoms with E-state index in [2.05, 4.69) is 0 Å². The SMILES string of the molecule is C[C@H]1C=CC[C@@H]1C(=O)O. The molecule has 2 heteroatoms. The van der Waals surface area contributed by atoms with E-state index in [1.807, 2.05) is 19.1 Å². The zero-order valence-electron chi connectivity index (χ0n) is 5.37. The first-order chi connectivity index (χ1) is 4.22. The maximum atomic E-state index is 10.4. The molecule has 0 unspecified atom stereocenters. The van der Waals surface area contributed by atoms with Crippen LogP contribution in [0.1, 0.15) is 13.3 Å². The van der Waals surface area contributed by atoms with Crippen molar-refractivity contribution in [2.75, 3.05) is 0 Å². The number of hydrogen-bond acceptors (Lipinski definition) is 1. The van der Waals surface area contributed by atoms with Gasteiger partial charge in [-0.15, -0.1) is 0 Å². The second kappa shape index (κ2) is 2.21. The van der Waals surface area contributed by atoms with E-state index in [-0.39, 0.29) is 11.8 Å². The van der Waals surface area contributed by atoms with Gasteiger partial charge in [-0.1, -0.05) is 19.1 Å². The van der Waals surface area contributed by atoms with Crippen LogP contribution in [0.3, 0.4) is 0 Å². The number of allylic oxidation sites excluding steroid dienone is 2. The Morgan fingerprint density at radius 3 is 2.67 bits per heavy atom. The zero-order valence-corrected chi connectivity index (χ0v) is 5.37. The van der Waals surface area contributed by atoms with Crippen LogP contribution in [0.2, 0.25) is 0 Å². The highest BCUT2D eigenvalue weighted by Crippen LogP contribution is 2.24. The van der Waals surface area contributed by atoms with Crippen molar-refractivity contribution in [1.29, 1.82) is 0 Å². The summed E-state index contributed by atoms with van der Waals surface area (Å²) in [6, 6.07) is 0. The molecule has 0 aliphatic heterocycles. The van der Waals surface area contributed by atoms with Gasteiger partial charge in [0.2, 0.25) is 0 Å². The fourth-order valence-corrected chi connectivity index (χ4v) is 1.11. The van der Waals surface area contributed by atoms with Gasteiger partial charge in [0.25, 0.3) is 0 Å². The van der Waals surface area contributed by atoms with Crippen molar-refractivity contribution in [3.63, 3.8) is 0 Å². The van der Waals surface area contributed by atoms with Gasteiger partial charge in [-0.05, 0) is 12.3 Å². The minimum absolute atomic E-state index is 0.162. The van der Waals surface area contributed by atoms with Gasteiger partial charge in [0.1, 0.15) is 0 Å². The quantitative estimate of drug-likeness (QED) is 0.537. The lowest BCUT2D eigenvalue weighted by atomic mass is 9.98. The molecule has 0 heterocycles. The average molecular weight is 126 g/mol. The molecule has 2 atom stereocenters. The molecular formula is C7H10O2. The maximum Gasteiger partial charge on any atom is 0.307 e. The molecule has 0 radical (unpaired) electrons. The first kappa shape index (κ1) is 6.33. The predicted molar refractivity (Wildman–Crippen MR) is 34.0 cm³/mol. The summed E-state index contributed by atoms with van der Waals surface area (Å²) in [5.41, 5.74) is 0. The highest BCUT2D eigenvalue weighted by molar-refractivity contribution is 5.71. The Morgan fingerprint density at radius 2 is 2.44 bits per heavy atom. The summed E-state index contributed by atoms with van der Waals surface area (Å²) in [5, 5.41) is 8.54. The first-order valence-electron chi connectivity index (χ1n) is 3.11. The van der Waals surface area contributed by atoms with Crippen LogP contribution in [0.4, 0.5) is 0 Å². The summed E-state index contributed by atoms with van der Waals surface area (Å²) in [6.45, 7) is 1.93. The van der Waals surface area contributed by atoms with Crippen LogP contribution in [0, 0.1) is 11.8 Å². The summed E-state index contributed by atoms with van der Waals surface area (Å²) in [6.07, 6.45) is 4.60. The number of hydrogen-bond donors (Lipinski definition) is 1. The zero-order chi connectivity index (χ0) is 6.85. The van der Waals surface area contributed by atoms with E-state index in [0.717, 1.165) is 0 Å². The minimum Gasteiger partial charge on any atom is -0.481 e. The van der Waals surface area contributed by atoms with Gasteiger partial charge in [0.05, 0.1) is 5.92 Å². The molecule has 0 amide bonds. The smallest absolute Gasteiger partial charge is 0.307 e. The van der Waals surface area contributed by atoms with Crippen molar-refractivity contribution < 1.29 is 9.90 Å². The normalized spacial score (nSPS) is 33.0. The topological polar surface area (TPSA) is 37.3 Å². The molecule has 2 nitrogen and oxygen atoms in total. The second-order valence-electron chi connectivity index (χ2n) is 2.47. The third-order valence-electron chi connectivity index (χ3n) is 1.78. The highest BCUT2D eigenvalue weighted by atomic mass is 16.4. The molecule has 50 valence electrons. The highest BCUT2D eigenvalue weighted by Gasteiger charge is 2.24. The predicted octanol–water partition coefficient (Wildman–Crippen LogP) is 1.28. The van der Waals surface area contributed by atoms with Crippen molar-refractivity contribution in [1.82, 2.24) is 0 Å². The first-order valence-corrected chi connectivity index (χ1v) is 3.11. The Bertz CT molecular complexity index is 149. The molecule has 0 saturated heterocycles. The van der Waals surface area contributed by atoms with E-state index < -0.39 is 5.97 Å². The van der Waals surface area contributed by atoms with Crippen LogP contribution in [-0.2, 0) is 4.79 Å². The molecule has 0 aromatic rings. The molecular weight excluding hydrogens is 116 g/mol. The van der Waals surface area contributed by atoms with Gasteiger partial charge in [-0.3, -0.25) is 4.79 Å². The number of carbonyl (C=O) groups is 1. The van der Waals surface area contributed by atoms with E-state index in [1.165, 1.54) is 0 Å². The number of rotatable bonds is 1. The van der Waals surface area contributed by atoms with Gasteiger partial charge in [0.15, 0.2) is 0 Å². The number of carboxylic acids is 1. The van der Waals surface area contributed by atoms with Crippen LogP contribution < -0.4 is 0 Å². The Morgan fingerprint density at radius 1 is 1.78 bits per heavy atom. The lowest BCUT2D eigenvalue weighted by Gasteiger charge is -2.07. The lowest BCUT2D eigenvalue weighted by Crippen LogP contribution is -2.15. The average Bonchev–Trinajstić information content (AvgIpc) is 2.13. The largest absolute Gasteiger partial charge is 0.481 e. The standard InChI is InChI=1S/C7H10O2/c1-5-3-2-4-6(5)7(8)9/h2-3,5-6H,4H2,1H3,(H,8,9)/t5-,6-/m0/s1. The molecule has 1 aliphatic carbocycles. The van der Waals surface area contributed by atoms with Crippen molar-refractivity contribution >= 4 is 5.97 Å². The van der Waals surface area contributed by atoms with Crippen LogP contribution >= 0.6 is 0 Å². The van der Waals surface area contributed by atoms with Crippen LogP contribution in [-0.4, -0.2) is 11.1 Å². The molecule has 0 saturated carbocycles. The van der Waals surface area contributed by atoms with Crippen LogP contribution in [0.15, 0.2) is 12.2 Å². The van der Waals surface area contributed by atoms with Crippen molar-refractivity contribution in [3.8, 4) is 0 Å². The Labute approximate surface area is 54.2 Å².